The van der Waals surface area contributed by atoms with Crippen molar-refractivity contribution in [2.45, 2.75) is 167 Å². The van der Waals surface area contributed by atoms with E-state index in [-0.39, 0.29) is 32.1 Å². The molecule has 0 unspecified atom stereocenters. The van der Waals surface area contributed by atoms with Crippen molar-refractivity contribution in [2.75, 3.05) is 0 Å². The molecule has 1 rings (SSSR count). The van der Waals surface area contributed by atoms with E-state index in [4.69, 9.17) is 11.1 Å². The fraction of sp³-hybridized carbons (Fsp3) is 0.737. The topological polar surface area (TPSA) is 0 Å². The van der Waals surface area contributed by atoms with Crippen LogP contribution in [0.3, 0.4) is 0 Å². The van der Waals surface area contributed by atoms with E-state index in [1.165, 1.54) is 10.8 Å². The minimum absolute atomic E-state index is 0.0482. The van der Waals surface area contributed by atoms with Gasteiger partial charge in [-0.25, -0.2) is 0 Å². The van der Waals surface area contributed by atoms with Gasteiger partial charge in [0, 0.05) is 0 Å². The summed E-state index contributed by atoms with van der Waals surface area (Å²) >= 11 is 4.18. The molecule has 0 bridgehead atoms. The number of hydrogen-bond donors (Lipinski definition) is 0. The van der Waals surface area contributed by atoms with E-state index >= 15 is 0 Å². The number of benzene rings is 1. The molecule has 0 aliphatic carbocycles. The average molecular weight is 729 g/mol. The van der Waals surface area contributed by atoms with Crippen LogP contribution in [0, 0.1) is 10.8 Å². The number of halogens is 1. The summed E-state index contributed by atoms with van der Waals surface area (Å²) in [4.78, 5) is 0. The van der Waals surface area contributed by atoms with E-state index in [0.717, 1.165) is 0 Å². The first kappa shape index (κ1) is 40.5. The molecule has 0 fully saturated rings. The normalized spacial score (nSPS) is 16.8. The summed E-state index contributed by atoms with van der Waals surface area (Å²) in [5, 5.41) is 1.41. The molecular weight excluding hydrogens is 659 g/mol. The summed E-state index contributed by atoms with van der Waals surface area (Å²) in [6, 6.07) is 9.72. The van der Waals surface area contributed by atoms with Crippen LogP contribution < -0.4 is 5.19 Å². The van der Waals surface area contributed by atoms with Crippen molar-refractivity contribution in [3.05, 3.63) is 49.5 Å². The molecule has 0 aromatic heterocycles. The molecule has 0 spiro atoms. The van der Waals surface area contributed by atoms with Gasteiger partial charge in [0.25, 0.3) is 0 Å². The Labute approximate surface area is 281 Å². The van der Waals surface area contributed by atoms with Gasteiger partial charge in [-0.15, -0.1) is 0 Å². The van der Waals surface area contributed by atoms with Gasteiger partial charge >= 0.3 is 283 Å². The van der Waals surface area contributed by atoms with Crippen LogP contribution in [0.15, 0.2) is 43.9 Å². The van der Waals surface area contributed by atoms with Crippen LogP contribution in [0.5, 0.6) is 0 Å². The van der Waals surface area contributed by atoms with Crippen molar-refractivity contribution in [1.29, 1.82) is 0 Å². The Morgan fingerprint density at radius 1 is 0.500 bits per heavy atom. The first-order chi connectivity index (χ1) is 18.1. The third kappa shape index (κ3) is 10.8. The monoisotopic (exact) mass is 726 g/mol. The average Bonchev–Trinajstić information content (AvgIpc) is 2.65. The maximum atomic E-state index is 8.89. The number of rotatable bonds is 5. The Kier molecular flexibility index (Phi) is 12.5. The van der Waals surface area contributed by atoms with Gasteiger partial charge in [-0.3, -0.25) is 0 Å². The second-order valence-corrected chi connectivity index (χ2v) is 48.7. The molecule has 0 amide bonds. The van der Waals surface area contributed by atoms with Gasteiger partial charge in [0.2, 0.25) is 0 Å². The molecule has 0 aliphatic heterocycles. The number of hydrogen-bond acceptors (Lipinski definition) is 0. The van der Waals surface area contributed by atoms with Crippen molar-refractivity contribution in [2.24, 2.45) is 10.8 Å². The van der Waals surface area contributed by atoms with E-state index in [9.17, 15) is 0 Å². The molecule has 1 aromatic rings. The summed E-state index contributed by atoms with van der Waals surface area (Å²) in [6.07, 6.45) is 5.43. The predicted octanol–water partition coefficient (Wildman–Crippen LogP) is 12.7. The molecule has 0 saturated heterocycles. The quantitative estimate of drug-likeness (QED) is 0.209. The van der Waals surface area contributed by atoms with Crippen molar-refractivity contribution in [3.8, 4) is 0 Å². The zero-order valence-corrected chi connectivity index (χ0v) is 38.6. The Hall–Kier alpha value is 0.480. The fourth-order valence-corrected chi connectivity index (χ4v) is 57.6. The summed E-state index contributed by atoms with van der Waals surface area (Å²) in [6.45, 7) is 51.6. The van der Waals surface area contributed by atoms with Crippen molar-refractivity contribution in [3.63, 3.8) is 0 Å². The minimum atomic E-state index is -2.89. The van der Waals surface area contributed by atoms with Gasteiger partial charge in [-0.2, -0.15) is 0 Å². The van der Waals surface area contributed by atoms with E-state index in [1.54, 1.807) is 7.50 Å². The molecule has 0 nitrogen and oxygen atoms in total. The molecule has 0 saturated carbocycles. The first-order valence-corrected chi connectivity index (χ1v) is 26.7. The van der Waals surface area contributed by atoms with Crippen LogP contribution in [0.1, 0.15) is 151 Å². The Morgan fingerprint density at radius 2 is 0.762 bits per heavy atom. The zero-order chi connectivity index (χ0) is 33.7. The Bertz CT molecular complexity index is 1020. The Morgan fingerprint density at radius 3 is 0.952 bits per heavy atom. The summed E-state index contributed by atoms with van der Waals surface area (Å²) in [5.74, 6) is 0. The molecular formula is C38H69ClGa2Si. The molecule has 1 aromatic carbocycles. The van der Waals surface area contributed by atoms with Crippen molar-refractivity contribution < 1.29 is 0 Å². The van der Waals surface area contributed by atoms with Crippen LogP contribution in [-0.4, -0.2) is 39.8 Å². The molecule has 0 N–H and O–H groups in total. The van der Waals surface area contributed by atoms with Crippen molar-refractivity contribution in [1.82, 2.24) is 0 Å². The van der Waals surface area contributed by atoms with Crippen LogP contribution >= 0.6 is 11.1 Å². The zero-order valence-electron chi connectivity index (χ0n) is 32.0. The molecule has 238 valence electrons. The van der Waals surface area contributed by atoms with Crippen LogP contribution in [0.25, 0.3) is 0 Å². The van der Waals surface area contributed by atoms with E-state index in [2.05, 4.69) is 182 Å². The first-order valence-electron chi connectivity index (χ1n) is 16.4. The van der Waals surface area contributed by atoms with E-state index < -0.39 is 39.8 Å². The van der Waals surface area contributed by atoms with Gasteiger partial charge in [0.1, 0.15) is 0 Å². The SMILES string of the molecule is CC(C)(C)/C=[C](/[Ga]([C](C)(C)C)[C](C)(C)C)[Si](Cl)(/[C](=C\C(C)(C)C)[Ga]([C](C)(C)C)[C](C)(C)C)c1ccc(C(C)(C)C)cc1. The third-order valence-corrected chi connectivity index (χ3v) is 41.8. The molecule has 0 heterocycles. The molecule has 0 aliphatic rings. The van der Waals surface area contributed by atoms with Gasteiger partial charge in [-0.1, -0.05) is 0 Å². The summed E-state index contributed by atoms with van der Waals surface area (Å²) in [5.41, 5.74) is 1.59. The van der Waals surface area contributed by atoms with Gasteiger partial charge < -0.3 is 0 Å². The van der Waals surface area contributed by atoms with Crippen LogP contribution in [-0.2, 0) is 5.41 Å². The molecule has 0 atom stereocenters. The van der Waals surface area contributed by atoms with E-state index in [0.29, 0.717) is 0 Å². The van der Waals surface area contributed by atoms with Gasteiger partial charge in [0.15, 0.2) is 0 Å². The van der Waals surface area contributed by atoms with Crippen LogP contribution in [0.4, 0.5) is 0 Å². The molecule has 42 heavy (non-hydrogen) atoms. The van der Waals surface area contributed by atoms with Crippen LogP contribution in [0.2, 0.25) is 15.9 Å². The summed E-state index contributed by atoms with van der Waals surface area (Å²) < 4.78 is 4.37. The van der Waals surface area contributed by atoms with Crippen molar-refractivity contribution >= 4 is 56.1 Å². The molecule has 0 radical (unpaired) electrons. The second kappa shape index (κ2) is 12.9. The summed E-state index contributed by atoms with van der Waals surface area (Å²) in [7, 11) is -2.89. The predicted molar refractivity (Wildman–Crippen MR) is 202 cm³/mol. The Balaban J connectivity index is 4.72. The maximum absolute atomic E-state index is 8.89. The second-order valence-electron chi connectivity index (χ2n) is 20.7. The van der Waals surface area contributed by atoms with Gasteiger partial charge in [0.05, 0.1) is 0 Å². The standard InChI is InChI=1S/C22H33ClSi.4C4H9.2Ga/c1-20(2,3)14-16-24(23,17-15-21(4,5)6)19-12-10-18(11-13-19)22(7,8)9;4*1-4(2)3;;/h10-15H,1-9H3;4*1-3H3;;. The third-order valence-electron chi connectivity index (χ3n) is 8.21. The van der Waals surface area contributed by atoms with Gasteiger partial charge in [-0.05, 0) is 0 Å². The fourth-order valence-electron chi connectivity index (χ4n) is 7.86. The molecule has 4 heteroatoms. The number of allylic oxidation sites excluding steroid dienone is 2. The van der Waals surface area contributed by atoms with E-state index in [1.807, 2.05) is 0 Å².